The van der Waals surface area contributed by atoms with E-state index >= 15 is 0 Å². The highest BCUT2D eigenvalue weighted by Gasteiger charge is 2.23. The predicted molar refractivity (Wildman–Crippen MR) is 143 cm³/mol. The first-order valence-corrected chi connectivity index (χ1v) is 12.7. The van der Waals surface area contributed by atoms with Gasteiger partial charge in [0, 0.05) is 68.2 Å². The van der Waals surface area contributed by atoms with Gasteiger partial charge in [-0.05, 0) is 43.7 Å². The van der Waals surface area contributed by atoms with Crippen molar-refractivity contribution in [3.63, 3.8) is 0 Å². The zero-order chi connectivity index (χ0) is 25.4. The van der Waals surface area contributed by atoms with Crippen molar-refractivity contribution in [1.29, 1.82) is 0 Å². The molecule has 2 aromatic carbocycles. The van der Waals surface area contributed by atoms with Crippen molar-refractivity contribution in [2.45, 2.75) is 13.3 Å². The summed E-state index contributed by atoms with van der Waals surface area (Å²) in [6.07, 6.45) is 2.63. The van der Waals surface area contributed by atoms with Crippen LogP contribution in [0.1, 0.15) is 21.7 Å². The number of aryl methyl sites for hydroxylation is 2. The molecule has 0 amide bonds. The van der Waals surface area contributed by atoms with E-state index in [2.05, 4.69) is 27.1 Å². The molecular formula is C27H28Cl2N4O3. The van der Waals surface area contributed by atoms with Gasteiger partial charge in [-0.25, -0.2) is 4.79 Å². The number of anilines is 1. The third kappa shape index (κ3) is 4.59. The van der Waals surface area contributed by atoms with E-state index in [1.807, 2.05) is 49.0 Å². The summed E-state index contributed by atoms with van der Waals surface area (Å²) in [5.41, 5.74) is 5.26. The summed E-state index contributed by atoms with van der Waals surface area (Å²) < 4.78 is 12.4. The largest absolute Gasteiger partial charge is 0.465 e. The number of aromatic nitrogens is 2. The smallest absolute Gasteiger partial charge is 0.340 e. The summed E-state index contributed by atoms with van der Waals surface area (Å²) in [5.74, 6) is 0.479. The molecule has 0 spiro atoms. The lowest BCUT2D eigenvalue weighted by Crippen LogP contribution is -2.47. The van der Waals surface area contributed by atoms with E-state index in [-0.39, 0.29) is 5.97 Å². The maximum atomic E-state index is 12.1. The second-order valence-corrected chi connectivity index (χ2v) is 9.90. The average molecular weight is 527 g/mol. The van der Waals surface area contributed by atoms with Crippen LogP contribution in [0.15, 0.2) is 47.1 Å². The van der Waals surface area contributed by atoms with Crippen LogP contribution in [0.25, 0.3) is 22.2 Å². The molecule has 0 N–H and O–H groups in total. The first kappa shape index (κ1) is 24.7. The third-order valence-corrected chi connectivity index (χ3v) is 7.61. The maximum absolute atomic E-state index is 12.1. The Morgan fingerprint density at radius 1 is 1.11 bits per heavy atom. The summed E-state index contributed by atoms with van der Waals surface area (Å²) in [4.78, 5) is 16.9. The van der Waals surface area contributed by atoms with Crippen molar-refractivity contribution in [3.05, 3.63) is 69.5 Å². The van der Waals surface area contributed by atoms with Gasteiger partial charge in [-0.1, -0.05) is 34.4 Å². The number of hydrogen-bond acceptors (Lipinski definition) is 6. The standard InChI is InChI=1S/C27H28Cl2N4O3/c1-17-19(26(30-36-17)25-22(28)5-4-6-23(25)29)9-10-32-11-13-33(14-12-32)18-7-8-20-21(27(34)35-3)16-31(2)24(20)15-18/h4-8,15-16H,9-14H2,1-3H3. The fourth-order valence-electron chi connectivity index (χ4n) is 4.95. The van der Waals surface area contributed by atoms with Crippen LogP contribution in [0.3, 0.4) is 0 Å². The predicted octanol–water partition coefficient (Wildman–Crippen LogP) is 5.60. The van der Waals surface area contributed by atoms with Crippen molar-refractivity contribution >= 4 is 45.8 Å². The Morgan fingerprint density at radius 2 is 1.83 bits per heavy atom. The van der Waals surface area contributed by atoms with E-state index in [1.54, 1.807) is 0 Å². The Labute approximate surface area is 220 Å². The van der Waals surface area contributed by atoms with Gasteiger partial charge in [-0.3, -0.25) is 4.90 Å². The van der Waals surface area contributed by atoms with Gasteiger partial charge in [0.15, 0.2) is 0 Å². The molecular weight excluding hydrogens is 499 g/mol. The summed E-state index contributed by atoms with van der Waals surface area (Å²) in [6.45, 7) is 6.57. The number of carbonyl (C=O) groups excluding carboxylic acids is 1. The van der Waals surface area contributed by atoms with Crippen LogP contribution in [-0.4, -0.2) is 60.4 Å². The highest BCUT2D eigenvalue weighted by atomic mass is 35.5. The van der Waals surface area contributed by atoms with Crippen LogP contribution in [0, 0.1) is 6.92 Å². The van der Waals surface area contributed by atoms with E-state index in [0.717, 1.165) is 78.3 Å². The zero-order valence-corrected chi connectivity index (χ0v) is 22.1. The van der Waals surface area contributed by atoms with E-state index < -0.39 is 0 Å². The first-order valence-electron chi connectivity index (χ1n) is 11.9. The number of rotatable bonds is 6. The molecule has 1 saturated heterocycles. The number of halogens is 2. The van der Waals surface area contributed by atoms with E-state index in [0.29, 0.717) is 15.6 Å². The maximum Gasteiger partial charge on any atom is 0.340 e. The van der Waals surface area contributed by atoms with Gasteiger partial charge in [-0.15, -0.1) is 0 Å². The minimum absolute atomic E-state index is 0.315. The lowest BCUT2D eigenvalue weighted by molar-refractivity contribution is 0.0602. The van der Waals surface area contributed by atoms with Crippen molar-refractivity contribution < 1.29 is 14.1 Å². The third-order valence-electron chi connectivity index (χ3n) is 6.98. The van der Waals surface area contributed by atoms with Crippen LogP contribution in [0.2, 0.25) is 10.0 Å². The molecule has 7 nitrogen and oxygen atoms in total. The van der Waals surface area contributed by atoms with Gasteiger partial charge in [0.1, 0.15) is 11.5 Å². The van der Waals surface area contributed by atoms with Crippen molar-refractivity contribution in [3.8, 4) is 11.3 Å². The molecule has 2 aromatic heterocycles. The molecule has 36 heavy (non-hydrogen) atoms. The number of hydrogen-bond donors (Lipinski definition) is 0. The van der Waals surface area contributed by atoms with Gasteiger partial charge >= 0.3 is 5.97 Å². The molecule has 1 aliphatic heterocycles. The number of methoxy groups -OCH3 is 1. The zero-order valence-electron chi connectivity index (χ0n) is 20.6. The van der Waals surface area contributed by atoms with E-state index in [1.165, 1.54) is 7.11 Å². The van der Waals surface area contributed by atoms with Gasteiger partial charge < -0.3 is 18.7 Å². The fraction of sp³-hybridized carbons (Fsp3) is 0.333. The summed E-state index contributed by atoms with van der Waals surface area (Å²) in [7, 11) is 3.36. The molecule has 0 bridgehead atoms. The lowest BCUT2D eigenvalue weighted by Gasteiger charge is -2.36. The average Bonchev–Trinajstić information content (AvgIpc) is 3.41. The molecule has 1 fully saturated rings. The lowest BCUT2D eigenvalue weighted by atomic mass is 10.0. The molecule has 1 aliphatic rings. The van der Waals surface area contributed by atoms with Gasteiger partial charge in [0.05, 0.1) is 28.2 Å². The van der Waals surface area contributed by atoms with Gasteiger partial charge in [-0.2, -0.15) is 0 Å². The van der Waals surface area contributed by atoms with Crippen LogP contribution < -0.4 is 4.90 Å². The topological polar surface area (TPSA) is 63.7 Å². The number of piperazine rings is 1. The van der Waals surface area contributed by atoms with Gasteiger partial charge in [0.25, 0.3) is 0 Å². The van der Waals surface area contributed by atoms with Crippen molar-refractivity contribution in [1.82, 2.24) is 14.6 Å². The van der Waals surface area contributed by atoms with Crippen LogP contribution >= 0.6 is 23.2 Å². The molecule has 5 rings (SSSR count). The Hall–Kier alpha value is -3.00. The first-order chi connectivity index (χ1) is 17.4. The molecule has 0 atom stereocenters. The highest BCUT2D eigenvalue weighted by molar-refractivity contribution is 6.39. The second-order valence-electron chi connectivity index (χ2n) is 9.09. The minimum atomic E-state index is -0.315. The Morgan fingerprint density at radius 3 is 2.53 bits per heavy atom. The van der Waals surface area contributed by atoms with Crippen molar-refractivity contribution in [2.24, 2.45) is 7.05 Å². The SMILES string of the molecule is COC(=O)c1cn(C)c2cc(N3CCN(CCc4c(-c5c(Cl)cccc5Cl)noc4C)CC3)ccc12. The number of esters is 1. The molecule has 4 aromatic rings. The number of carbonyl (C=O) groups is 1. The summed E-state index contributed by atoms with van der Waals surface area (Å²) in [5, 5.41) is 6.32. The number of fused-ring (bicyclic) bond motifs is 1. The molecule has 0 radical (unpaired) electrons. The summed E-state index contributed by atoms with van der Waals surface area (Å²) in [6, 6.07) is 11.7. The molecule has 0 saturated carbocycles. The number of ether oxygens (including phenoxy) is 1. The molecule has 9 heteroatoms. The molecule has 188 valence electrons. The number of benzene rings is 2. The van der Waals surface area contributed by atoms with Crippen LogP contribution in [0.5, 0.6) is 0 Å². The quantitative estimate of drug-likeness (QED) is 0.304. The normalized spacial score (nSPS) is 14.5. The number of nitrogens with zero attached hydrogens (tertiary/aromatic N) is 4. The molecule has 0 unspecified atom stereocenters. The van der Waals surface area contributed by atoms with Crippen LogP contribution in [0.4, 0.5) is 5.69 Å². The Bertz CT molecular complexity index is 1400. The van der Waals surface area contributed by atoms with E-state index in [9.17, 15) is 4.79 Å². The minimum Gasteiger partial charge on any atom is -0.465 e. The second kappa shape index (κ2) is 10.2. The van der Waals surface area contributed by atoms with E-state index in [4.69, 9.17) is 32.5 Å². The highest BCUT2D eigenvalue weighted by Crippen LogP contribution is 2.37. The van der Waals surface area contributed by atoms with Crippen LogP contribution in [-0.2, 0) is 18.2 Å². The Kier molecular flexibility index (Phi) is 6.97. The molecule has 3 heterocycles. The van der Waals surface area contributed by atoms with Gasteiger partial charge in [0.2, 0.25) is 0 Å². The monoisotopic (exact) mass is 526 g/mol. The summed E-state index contributed by atoms with van der Waals surface area (Å²) >= 11 is 12.9. The Balaban J connectivity index is 1.25. The fourth-order valence-corrected chi connectivity index (χ4v) is 5.52. The van der Waals surface area contributed by atoms with Crippen molar-refractivity contribution in [2.75, 3.05) is 44.7 Å². The molecule has 0 aliphatic carbocycles.